The van der Waals surface area contributed by atoms with Crippen LogP contribution in [0.4, 0.5) is 5.69 Å². The highest BCUT2D eigenvalue weighted by molar-refractivity contribution is 6.20. The summed E-state index contributed by atoms with van der Waals surface area (Å²) in [5.74, 6) is 0. The van der Waals surface area contributed by atoms with Gasteiger partial charge in [0.25, 0.3) is 0 Å². The number of likely N-dealkylation sites (tertiary alicyclic amines) is 1. The van der Waals surface area contributed by atoms with Gasteiger partial charge in [0, 0.05) is 37.2 Å². The van der Waals surface area contributed by atoms with E-state index in [1.54, 1.807) is 0 Å². The summed E-state index contributed by atoms with van der Waals surface area (Å²) in [7, 11) is 0. The number of hydrogen-bond donors (Lipinski definition) is 0. The van der Waals surface area contributed by atoms with Crippen molar-refractivity contribution >= 4 is 17.3 Å². The van der Waals surface area contributed by atoms with E-state index in [0.29, 0.717) is 5.38 Å². The van der Waals surface area contributed by atoms with E-state index in [1.807, 2.05) is 0 Å². The lowest BCUT2D eigenvalue weighted by Gasteiger charge is -2.30. The number of hydrogen-bond acceptors (Lipinski definition) is 3. The van der Waals surface area contributed by atoms with Crippen molar-refractivity contribution in [1.82, 2.24) is 4.90 Å². The van der Waals surface area contributed by atoms with Crippen LogP contribution in [0, 0.1) is 0 Å². The fourth-order valence-corrected chi connectivity index (χ4v) is 3.53. The Morgan fingerprint density at radius 2 is 1.86 bits per heavy atom. The number of nitrogens with zero attached hydrogens (tertiary/aromatic N) is 2. The van der Waals surface area contributed by atoms with Crippen LogP contribution >= 0.6 is 11.6 Å². The third-order valence-electron chi connectivity index (χ3n) is 4.48. The number of benzene rings is 1. The Labute approximate surface area is 132 Å². The number of anilines is 1. The summed E-state index contributed by atoms with van der Waals surface area (Å²) in [6, 6.07) is 9.04. The second-order valence-corrected chi connectivity index (χ2v) is 6.67. The first-order valence-electron chi connectivity index (χ1n) is 8.09. The summed E-state index contributed by atoms with van der Waals surface area (Å²) >= 11 is 6.24. The third-order valence-corrected chi connectivity index (χ3v) is 4.83. The van der Waals surface area contributed by atoms with E-state index in [0.717, 1.165) is 45.8 Å². The van der Waals surface area contributed by atoms with E-state index in [-0.39, 0.29) is 0 Å². The van der Waals surface area contributed by atoms with Crippen molar-refractivity contribution in [3.63, 3.8) is 0 Å². The van der Waals surface area contributed by atoms with Crippen LogP contribution in [0.3, 0.4) is 0 Å². The molecule has 3 nitrogen and oxygen atoms in total. The van der Waals surface area contributed by atoms with Gasteiger partial charge in [0.15, 0.2) is 0 Å². The molecule has 0 saturated carbocycles. The maximum Gasteiger partial charge on any atom is 0.0642 e. The molecule has 4 heteroatoms. The molecule has 0 radical (unpaired) electrons. The highest BCUT2D eigenvalue weighted by Crippen LogP contribution is 2.18. The van der Waals surface area contributed by atoms with E-state index < -0.39 is 0 Å². The second kappa shape index (κ2) is 7.48. The molecule has 0 N–H and O–H groups in total. The first-order chi connectivity index (χ1) is 10.3. The van der Waals surface area contributed by atoms with Crippen molar-refractivity contribution in [2.45, 2.75) is 24.6 Å². The molecule has 0 aromatic heterocycles. The first kappa shape index (κ1) is 15.1. The Morgan fingerprint density at radius 1 is 1.10 bits per heavy atom. The van der Waals surface area contributed by atoms with Crippen molar-refractivity contribution < 1.29 is 4.74 Å². The van der Waals surface area contributed by atoms with Gasteiger partial charge < -0.3 is 14.5 Å². The van der Waals surface area contributed by atoms with Crippen molar-refractivity contribution in [1.29, 1.82) is 0 Å². The van der Waals surface area contributed by atoms with Crippen molar-refractivity contribution in [3.8, 4) is 0 Å². The summed E-state index contributed by atoms with van der Waals surface area (Å²) in [6.45, 7) is 7.07. The lowest BCUT2D eigenvalue weighted by atomic mass is 10.1. The molecule has 2 aliphatic heterocycles. The van der Waals surface area contributed by atoms with Gasteiger partial charge in [0.2, 0.25) is 0 Å². The average Bonchev–Trinajstić information content (AvgIpc) is 2.54. The molecule has 21 heavy (non-hydrogen) atoms. The molecule has 2 heterocycles. The van der Waals surface area contributed by atoms with E-state index in [9.17, 15) is 0 Å². The number of alkyl halides is 1. The van der Waals surface area contributed by atoms with Crippen LogP contribution in [0.25, 0.3) is 0 Å². The molecule has 3 rings (SSSR count). The molecule has 1 aromatic carbocycles. The molecule has 2 aliphatic rings. The zero-order chi connectivity index (χ0) is 14.5. The minimum atomic E-state index is 0.349. The van der Waals surface area contributed by atoms with Crippen molar-refractivity contribution in [3.05, 3.63) is 29.8 Å². The Kier molecular flexibility index (Phi) is 5.39. The van der Waals surface area contributed by atoms with Gasteiger partial charge >= 0.3 is 0 Å². The highest BCUT2D eigenvalue weighted by atomic mass is 35.5. The van der Waals surface area contributed by atoms with Crippen LogP contribution in [0.5, 0.6) is 0 Å². The lowest BCUT2D eigenvalue weighted by molar-refractivity contribution is 0.122. The van der Waals surface area contributed by atoms with Crippen LogP contribution in [0.2, 0.25) is 0 Å². The monoisotopic (exact) mass is 308 g/mol. The van der Waals surface area contributed by atoms with E-state index in [2.05, 4.69) is 34.1 Å². The maximum absolute atomic E-state index is 6.24. The standard InChI is InChI=1S/C17H25ClN2O/c18-16-2-1-8-19(14-16)9-7-15-3-5-17(6-4-15)20-10-12-21-13-11-20/h3-6,16H,1-2,7-14H2/t16-/m1/s1. The van der Waals surface area contributed by atoms with Gasteiger partial charge in [-0.05, 0) is 43.5 Å². The van der Waals surface area contributed by atoms with Gasteiger partial charge in [-0.2, -0.15) is 0 Å². The molecule has 2 saturated heterocycles. The summed E-state index contributed by atoms with van der Waals surface area (Å²) in [6.07, 6.45) is 3.53. The minimum Gasteiger partial charge on any atom is -0.378 e. The smallest absolute Gasteiger partial charge is 0.0642 e. The second-order valence-electron chi connectivity index (χ2n) is 6.06. The van der Waals surface area contributed by atoms with Gasteiger partial charge in [0.1, 0.15) is 0 Å². The van der Waals surface area contributed by atoms with Crippen LogP contribution in [-0.2, 0) is 11.2 Å². The summed E-state index contributed by atoms with van der Waals surface area (Å²) in [5.41, 5.74) is 2.74. The summed E-state index contributed by atoms with van der Waals surface area (Å²) < 4.78 is 5.40. The normalized spacial score (nSPS) is 24.2. The van der Waals surface area contributed by atoms with E-state index in [4.69, 9.17) is 16.3 Å². The van der Waals surface area contributed by atoms with Gasteiger partial charge in [-0.1, -0.05) is 12.1 Å². The van der Waals surface area contributed by atoms with Gasteiger partial charge in [0.05, 0.1) is 13.2 Å². The highest BCUT2D eigenvalue weighted by Gasteiger charge is 2.17. The summed E-state index contributed by atoms with van der Waals surface area (Å²) in [5, 5.41) is 0.349. The molecule has 0 amide bonds. The number of rotatable bonds is 4. The lowest BCUT2D eigenvalue weighted by Crippen LogP contribution is -2.37. The Morgan fingerprint density at radius 3 is 2.57 bits per heavy atom. The molecule has 0 spiro atoms. The molecule has 1 atom stereocenters. The molecule has 0 bridgehead atoms. The molecule has 0 aliphatic carbocycles. The van der Waals surface area contributed by atoms with Crippen LogP contribution < -0.4 is 4.90 Å². The largest absolute Gasteiger partial charge is 0.378 e. The van der Waals surface area contributed by atoms with Gasteiger partial charge in [-0.3, -0.25) is 0 Å². The SMILES string of the molecule is Cl[C@@H]1CCCN(CCc2ccc(N3CCOCC3)cc2)C1. The Bertz CT molecular complexity index is 431. The Hall–Kier alpha value is -0.770. The fourth-order valence-electron chi connectivity index (χ4n) is 3.18. The van der Waals surface area contributed by atoms with E-state index >= 15 is 0 Å². The minimum absolute atomic E-state index is 0.349. The van der Waals surface area contributed by atoms with Gasteiger partial charge in [-0.25, -0.2) is 0 Å². The zero-order valence-corrected chi connectivity index (χ0v) is 13.4. The van der Waals surface area contributed by atoms with Crippen LogP contribution in [-0.4, -0.2) is 56.2 Å². The predicted molar refractivity (Wildman–Crippen MR) is 88.5 cm³/mol. The van der Waals surface area contributed by atoms with E-state index in [1.165, 1.54) is 30.6 Å². The predicted octanol–water partition coefficient (Wildman–Crippen LogP) is 2.77. The number of ether oxygens (including phenoxy) is 1. The topological polar surface area (TPSA) is 15.7 Å². The molecule has 0 unspecified atom stereocenters. The number of piperidine rings is 1. The molecule has 1 aromatic rings. The molecular formula is C17H25ClN2O. The van der Waals surface area contributed by atoms with Crippen molar-refractivity contribution in [2.24, 2.45) is 0 Å². The summed E-state index contributed by atoms with van der Waals surface area (Å²) in [4.78, 5) is 4.90. The third kappa shape index (κ3) is 4.35. The maximum atomic E-state index is 6.24. The van der Waals surface area contributed by atoms with Crippen LogP contribution in [0.15, 0.2) is 24.3 Å². The molecular weight excluding hydrogens is 284 g/mol. The molecule has 116 valence electrons. The fraction of sp³-hybridized carbons (Fsp3) is 0.647. The zero-order valence-electron chi connectivity index (χ0n) is 12.6. The quantitative estimate of drug-likeness (QED) is 0.796. The van der Waals surface area contributed by atoms with Gasteiger partial charge in [-0.15, -0.1) is 11.6 Å². The van der Waals surface area contributed by atoms with Crippen LogP contribution in [0.1, 0.15) is 18.4 Å². The molecule has 2 fully saturated rings. The van der Waals surface area contributed by atoms with Crippen molar-refractivity contribution in [2.75, 3.05) is 50.8 Å². The average molecular weight is 309 g/mol. The number of halogens is 1. The first-order valence-corrected chi connectivity index (χ1v) is 8.53. The Balaban J connectivity index is 1.49. The number of morpholine rings is 1.